The topological polar surface area (TPSA) is 80.3 Å². The minimum Gasteiger partial charge on any atom is -0.295 e. The van der Waals surface area contributed by atoms with E-state index in [4.69, 9.17) is 0 Å². The number of sulfonamides is 1. The number of halogens is 2. The molecule has 2 aromatic rings. The Kier molecular flexibility index (Phi) is 7.13. The Balaban J connectivity index is 2.41. The first kappa shape index (κ1) is 23.7. The molecule has 0 aromatic heterocycles. The maximum absolute atomic E-state index is 14.1. The van der Waals surface area contributed by atoms with Crippen molar-refractivity contribution in [2.45, 2.75) is 57.8 Å². The summed E-state index contributed by atoms with van der Waals surface area (Å²) in [6.45, 7) is 8.61. The van der Waals surface area contributed by atoms with Crippen LogP contribution in [0.25, 0.3) is 0 Å². The number of Topliss-reactive ketones (excluding diaryl/α,β-unsaturated/α-hetero) is 1. The van der Waals surface area contributed by atoms with Crippen molar-refractivity contribution in [1.29, 1.82) is 0 Å². The number of carbonyl (C=O) groups is 2. The van der Waals surface area contributed by atoms with E-state index in [1.165, 1.54) is 25.1 Å². The molecule has 1 amide bonds. The molecule has 2 rings (SSSR count). The molecule has 8 heteroatoms. The largest absolute Gasteiger partial charge is 0.295 e. The summed E-state index contributed by atoms with van der Waals surface area (Å²) < 4.78 is 55.2. The van der Waals surface area contributed by atoms with Crippen molar-refractivity contribution < 1.29 is 26.8 Å². The van der Waals surface area contributed by atoms with Crippen LogP contribution in [0, 0.1) is 11.6 Å². The molecule has 0 aliphatic carbocycles. The van der Waals surface area contributed by atoms with Crippen LogP contribution >= 0.6 is 0 Å². The lowest BCUT2D eigenvalue weighted by molar-refractivity contribution is -0.118. The molecule has 0 saturated heterocycles. The Bertz CT molecular complexity index is 1060. The van der Waals surface area contributed by atoms with Crippen molar-refractivity contribution in [2.24, 2.45) is 0 Å². The van der Waals surface area contributed by atoms with Gasteiger partial charge in [-0.2, -0.15) is 0 Å². The van der Waals surface area contributed by atoms with Crippen LogP contribution in [0.5, 0.6) is 0 Å². The summed E-state index contributed by atoms with van der Waals surface area (Å²) in [6.07, 6.45) is -0.311. The quantitative estimate of drug-likeness (QED) is 0.649. The molecule has 162 valence electrons. The summed E-state index contributed by atoms with van der Waals surface area (Å²) in [5.41, 5.74) is 1.77. The first-order chi connectivity index (χ1) is 13.8. The number of ketones is 1. The van der Waals surface area contributed by atoms with E-state index >= 15 is 0 Å². The summed E-state index contributed by atoms with van der Waals surface area (Å²) in [7, 11) is -4.54. The molecule has 5 nitrogen and oxygen atoms in total. The predicted molar refractivity (Wildman–Crippen MR) is 110 cm³/mol. The van der Waals surface area contributed by atoms with Crippen LogP contribution in [-0.2, 0) is 21.2 Å². The van der Waals surface area contributed by atoms with Gasteiger partial charge < -0.3 is 0 Å². The van der Waals surface area contributed by atoms with Gasteiger partial charge >= 0.3 is 0 Å². The summed E-state index contributed by atoms with van der Waals surface area (Å²) in [4.78, 5) is 23.3. The van der Waals surface area contributed by atoms with E-state index in [0.717, 1.165) is 12.1 Å². The van der Waals surface area contributed by atoms with Crippen molar-refractivity contribution in [2.75, 3.05) is 0 Å². The zero-order valence-electron chi connectivity index (χ0n) is 17.5. The van der Waals surface area contributed by atoms with Crippen LogP contribution in [0.1, 0.15) is 73.5 Å². The molecule has 0 radical (unpaired) electrons. The van der Waals surface area contributed by atoms with Crippen molar-refractivity contribution in [3.8, 4) is 0 Å². The van der Waals surface area contributed by atoms with Gasteiger partial charge in [0.2, 0.25) is 5.91 Å². The lowest BCUT2D eigenvalue weighted by atomic mass is 9.87. The van der Waals surface area contributed by atoms with Crippen LogP contribution in [-0.4, -0.2) is 20.1 Å². The fourth-order valence-electron chi connectivity index (χ4n) is 3.24. The van der Waals surface area contributed by atoms with Crippen molar-refractivity contribution >= 4 is 21.7 Å². The fourth-order valence-corrected chi connectivity index (χ4v) is 4.33. The van der Waals surface area contributed by atoms with Gasteiger partial charge in [0.15, 0.2) is 5.78 Å². The highest BCUT2D eigenvalue weighted by Gasteiger charge is 2.25. The second kappa shape index (κ2) is 9.04. The Morgan fingerprint density at radius 3 is 1.97 bits per heavy atom. The Labute approximate surface area is 175 Å². The standard InChI is InChI=1S/C22H25F2NO4S/c1-12(2)17-9-16(23)10-18(13(3)4)19(17)11-22(27)25-30(28,29)21-8-15(14(5)26)6-7-20(21)24/h6-10,12-13H,11H2,1-5H3,(H,25,27). The Hall–Kier alpha value is -2.61. The van der Waals surface area contributed by atoms with Gasteiger partial charge in [0.25, 0.3) is 10.0 Å². The SMILES string of the molecule is CC(=O)c1ccc(F)c(S(=O)(=O)NC(=O)Cc2c(C(C)C)cc(F)cc2C(C)C)c1. The molecule has 0 spiro atoms. The van der Waals surface area contributed by atoms with Crippen LogP contribution in [0.3, 0.4) is 0 Å². The van der Waals surface area contributed by atoms with E-state index in [1.807, 2.05) is 32.4 Å². The molecule has 0 saturated carbocycles. The molecule has 1 N–H and O–H groups in total. The summed E-state index contributed by atoms with van der Waals surface area (Å²) >= 11 is 0. The highest BCUT2D eigenvalue weighted by molar-refractivity contribution is 7.90. The smallest absolute Gasteiger partial charge is 0.266 e. The highest BCUT2D eigenvalue weighted by atomic mass is 32.2. The lowest BCUT2D eigenvalue weighted by Crippen LogP contribution is -2.33. The van der Waals surface area contributed by atoms with Gasteiger partial charge in [-0.25, -0.2) is 21.9 Å². The number of carbonyl (C=O) groups excluding carboxylic acids is 2. The zero-order chi connectivity index (χ0) is 22.8. The van der Waals surface area contributed by atoms with E-state index in [-0.39, 0.29) is 23.8 Å². The third-order valence-electron chi connectivity index (χ3n) is 4.74. The van der Waals surface area contributed by atoms with E-state index < -0.39 is 38.2 Å². The van der Waals surface area contributed by atoms with Crippen LogP contribution in [0.15, 0.2) is 35.2 Å². The lowest BCUT2D eigenvalue weighted by Gasteiger charge is -2.20. The highest BCUT2D eigenvalue weighted by Crippen LogP contribution is 2.29. The molecule has 30 heavy (non-hydrogen) atoms. The third kappa shape index (κ3) is 5.30. The molecule has 0 bridgehead atoms. The van der Waals surface area contributed by atoms with E-state index in [0.29, 0.717) is 16.7 Å². The molecule has 0 unspecified atom stereocenters. The normalized spacial score (nSPS) is 11.8. The van der Waals surface area contributed by atoms with Gasteiger partial charge in [0, 0.05) is 5.56 Å². The summed E-state index contributed by atoms with van der Waals surface area (Å²) in [6, 6.07) is 5.60. The number of rotatable bonds is 7. The van der Waals surface area contributed by atoms with Crippen LogP contribution in [0.2, 0.25) is 0 Å². The first-order valence-corrected chi connectivity index (χ1v) is 11.0. The molecular formula is C22H25F2NO4S. The van der Waals surface area contributed by atoms with Gasteiger partial charge in [-0.05, 0) is 65.8 Å². The Morgan fingerprint density at radius 1 is 0.967 bits per heavy atom. The average Bonchev–Trinajstić information content (AvgIpc) is 2.61. The molecule has 0 aliphatic heterocycles. The van der Waals surface area contributed by atoms with Gasteiger partial charge in [0.1, 0.15) is 16.5 Å². The predicted octanol–water partition coefficient (Wildman–Crippen LogP) is 4.46. The second-order valence-corrected chi connectivity index (χ2v) is 9.43. The van der Waals surface area contributed by atoms with Gasteiger partial charge in [0.05, 0.1) is 6.42 Å². The minimum absolute atomic E-state index is 0.00643. The van der Waals surface area contributed by atoms with Gasteiger partial charge in [-0.1, -0.05) is 27.7 Å². The maximum atomic E-state index is 14.1. The van der Waals surface area contributed by atoms with Gasteiger partial charge in [-0.15, -0.1) is 0 Å². The molecular weight excluding hydrogens is 412 g/mol. The Morgan fingerprint density at radius 2 is 1.50 bits per heavy atom. The second-order valence-electron chi connectivity index (χ2n) is 7.78. The van der Waals surface area contributed by atoms with Crippen molar-refractivity contribution in [3.05, 3.63) is 64.2 Å². The maximum Gasteiger partial charge on any atom is 0.266 e. The van der Waals surface area contributed by atoms with E-state index in [2.05, 4.69) is 0 Å². The average molecular weight is 438 g/mol. The zero-order valence-corrected chi connectivity index (χ0v) is 18.4. The number of hydrogen-bond acceptors (Lipinski definition) is 4. The van der Waals surface area contributed by atoms with E-state index in [1.54, 1.807) is 0 Å². The number of hydrogen-bond donors (Lipinski definition) is 1. The molecule has 0 aliphatic rings. The van der Waals surface area contributed by atoms with Crippen LogP contribution < -0.4 is 4.72 Å². The summed E-state index contributed by atoms with van der Waals surface area (Å²) in [5, 5.41) is 0. The van der Waals surface area contributed by atoms with Crippen LogP contribution in [0.4, 0.5) is 8.78 Å². The van der Waals surface area contributed by atoms with Crippen molar-refractivity contribution in [1.82, 2.24) is 4.72 Å². The molecule has 0 fully saturated rings. The molecule has 0 atom stereocenters. The molecule has 2 aromatic carbocycles. The fraction of sp³-hybridized carbons (Fsp3) is 0.364. The van der Waals surface area contributed by atoms with Gasteiger partial charge in [-0.3, -0.25) is 9.59 Å². The van der Waals surface area contributed by atoms with E-state index in [9.17, 15) is 26.8 Å². The first-order valence-electron chi connectivity index (χ1n) is 9.51. The third-order valence-corrected chi connectivity index (χ3v) is 6.13. The minimum atomic E-state index is -4.54. The summed E-state index contributed by atoms with van der Waals surface area (Å²) in [5.74, 6) is -3.01. The number of nitrogens with one attached hydrogen (secondary N) is 1. The number of amides is 1. The number of benzene rings is 2. The monoisotopic (exact) mass is 437 g/mol. The molecule has 0 heterocycles. The van der Waals surface area contributed by atoms with Crippen molar-refractivity contribution in [3.63, 3.8) is 0 Å².